The standard InChI is InChI=1S/C14H15N3O3S/c1-2-17-11-13(10-15-17)16-21(19,20)14-7-3-5-12(9-14)6-4-8-18/h3,5,7,9-11,16,18H,2,8H2,1H3. The van der Waals surface area contributed by atoms with Crippen molar-refractivity contribution in [2.75, 3.05) is 11.3 Å². The molecule has 0 aliphatic carbocycles. The number of benzene rings is 1. The first-order valence-corrected chi connectivity index (χ1v) is 7.78. The first-order chi connectivity index (χ1) is 10.0. The number of aliphatic hydroxyl groups excluding tert-OH is 1. The molecule has 2 aromatic rings. The van der Waals surface area contributed by atoms with Crippen molar-refractivity contribution in [3.05, 3.63) is 42.2 Å². The van der Waals surface area contributed by atoms with Crippen molar-refractivity contribution in [2.45, 2.75) is 18.4 Å². The van der Waals surface area contributed by atoms with Crippen LogP contribution in [-0.4, -0.2) is 29.9 Å². The number of nitrogens with zero attached hydrogens (tertiary/aromatic N) is 2. The smallest absolute Gasteiger partial charge is 0.262 e. The van der Waals surface area contributed by atoms with Gasteiger partial charge in [-0.05, 0) is 25.1 Å². The number of rotatable bonds is 4. The maximum Gasteiger partial charge on any atom is 0.262 e. The summed E-state index contributed by atoms with van der Waals surface area (Å²) in [6.07, 6.45) is 3.07. The summed E-state index contributed by atoms with van der Waals surface area (Å²) < 4.78 is 28.6. The van der Waals surface area contributed by atoms with Gasteiger partial charge in [-0.15, -0.1) is 0 Å². The lowest BCUT2D eigenvalue weighted by Gasteiger charge is -2.06. The zero-order chi connectivity index (χ0) is 15.3. The van der Waals surface area contributed by atoms with Crippen molar-refractivity contribution in [3.8, 4) is 11.8 Å². The van der Waals surface area contributed by atoms with E-state index < -0.39 is 10.0 Å². The van der Waals surface area contributed by atoms with E-state index >= 15 is 0 Å². The van der Waals surface area contributed by atoms with E-state index in [1.807, 2.05) is 6.92 Å². The normalized spacial score (nSPS) is 10.8. The van der Waals surface area contributed by atoms with Gasteiger partial charge in [0.25, 0.3) is 10.0 Å². The van der Waals surface area contributed by atoms with Gasteiger partial charge in [0, 0.05) is 18.3 Å². The van der Waals surface area contributed by atoms with E-state index in [9.17, 15) is 8.42 Å². The molecular formula is C14H15N3O3S. The molecule has 0 bridgehead atoms. The molecule has 0 saturated carbocycles. The summed E-state index contributed by atoms with van der Waals surface area (Å²) in [4.78, 5) is 0.108. The van der Waals surface area contributed by atoms with E-state index in [0.29, 0.717) is 17.8 Å². The molecule has 7 heteroatoms. The Balaban J connectivity index is 2.26. The molecule has 2 rings (SSSR count). The van der Waals surface area contributed by atoms with Gasteiger partial charge in [-0.3, -0.25) is 9.40 Å². The van der Waals surface area contributed by atoms with Gasteiger partial charge >= 0.3 is 0 Å². The Kier molecular flexibility index (Phi) is 4.62. The van der Waals surface area contributed by atoms with E-state index in [-0.39, 0.29) is 11.5 Å². The summed E-state index contributed by atoms with van der Waals surface area (Å²) in [6.45, 7) is 2.30. The SMILES string of the molecule is CCn1cc(NS(=O)(=O)c2cccc(C#CCO)c2)cn1. The third-order valence-electron chi connectivity index (χ3n) is 2.67. The van der Waals surface area contributed by atoms with Crippen LogP contribution in [-0.2, 0) is 16.6 Å². The van der Waals surface area contributed by atoms with Crippen molar-refractivity contribution in [3.63, 3.8) is 0 Å². The number of nitrogens with one attached hydrogen (secondary N) is 1. The largest absolute Gasteiger partial charge is 0.384 e. The molecule has 2 N–H and O–H groups in total. The van der Waals surface area contributed by atoms with Crippen LogP contribution in [0.3, 0.4) is 0 Å². The lowest BCUT2D eigenvalue weighted by Crippen LogP contribution is -2.12. The van der Waals surface area contributed by atoms with Crippen LogP contribution < -0.4 is 4.72 Å². The highest BCUT2D eigenvalue weighted by Gasteiger charge is 2.15. The minimum atomic E-state index is -3.69. The Morgan fingerprint density at radius 3 is 2.90 bits per heavy atom. The summed E-state index contributed by atoms with van der Waals surface area (Å²) in [6, 6.07) is 6.22. The van der Waals surface area contributed by atoms with Crippen LogP contribution in [0.2, 0.25) is 0 Å². The predicted molar refractivity (Wildman–Crippen MR) is 79.1 cm³/mol. The molecule has 0 radical (unpaired) electrons. The summed E-state index contributed by atoms with van der Waals surface area (Å²) in [5.74, 6) is 5.16. The molecule has 0 aliphatic heterocycles. The lowest BCUT2D eigenvalue weighted by atomic mass is 10.2. The average Bonchev–Trinajstić information content (AvgIpc) is 2.92. The molecule has 21 heavy (non-hydrogen) atoms. The van der Waals surface area contributed by atoms with Gasteiger partial charge < -0.3 is 5.11 Å². The number of anilines is 1. The second kappa shape index (κ2) is 6.43. The Morgan fingerprint density at radius 2 is 2.24 bits per heavy atom. The maximum absolute atomic E-state index is 12.3. The third-order valence-corrected chi connectivity index (χ3v) is 4.04. The van der Waals surface area contributed by atoms with Crippen molar-refractivity contribution in [1.82, 2.24) is 9.78 Å². The molecule has 1 aromatic carbocycles. The Hall–Kier alpha value is -2.30. The number of aryl methyl sites for hydroxylation is 1. The number of hydrogen-bond donors (Lipinski definition) is 2. The molecule has 0 atom stereocenters. The molecule has 0 amide bonds. The second-order valence-corrected chi connectivity index (χ2v) is 5.86. The Bertz CT molecular complexity index is 785. The molecule has 0 saturated heterocycles. The first kappa shape index (κ1) is 15.1. The molecule has 0 unspecified atom stereocenters. The summed E-state index contributed by atoms with van der Waals surface area (Å²) in [5.41, 5.74) is 0.930. The fraction of sp³-hybridized carbons (Fsp3) is 0.214. The van der Waals surface area contributed by atoms with E-state index in [2.05, 4.69) is 21.7 Å². The van der Waals surface area contributed by atoms with Crippen LogP contribution in [0.5, 0.6) is 0 Å². The molecule has 6 nitrogen and oxygen atoms in total. The van der Waals surface area contributed by atoms with Crippen molar-refractivity contribution < 1.29 is 13.5 Å². The topological polar surface area (TPSA) is 84.2 Å². The Labute approximate surface area is 123 Å². The van der Waals surface area contributed by atoms with E-state index in [1.165, 1.54) is 18.3 Å². The predicted octanol–water partition coefficient (Wildman–Crippen LogP) is 1.05. The zero-order valence-corrected chi connectivity index (χ0v) is 12.3. The Morgan fingerprint density at radius 1 is 1.43 bits per heavy atom. The van der Waals surface area contributed by atoms with Gasteiger partial charge in [-0.2, -0.15) is 5.10 Å². The van der Waals surface area contributed by atoms with Crippen LogP contribution >= 0.6 is 0 Å². The highest BCUT2D eigenvalue weighted by Crippen LogP contribution is 2.16. The van der Waals surface area contributed by atoms with Crippen LogP contribution in [0, 0.1) is 11.8 Å². The first-order valence-electron chi connectivity index (χ1n) is 6.30. The van der Waals surface area contributed by atoms with Crippen molar-refractivity contribution in [2.24, 2.45) is 0 Å². The van der Waals surface area contributed by atoms with Crippen LogP contribution in [0.4, 0.5) is 5.69 Å². The summed E-state index contributed by atoms with van der Waals surface area (Å²) in [7, 11) is -3.69. The van der Waals surface area contributed by atoms with Crippen molar-refractivity contribution in [1.29, 1.82) is 0 Å². The minimum absolute atomic E-state index is 0.108. The minimum Gasteiger partial charge on any atom is -0.384 e. The van der Waals surface area contributed by atoms with Gasteiger partial charge in [0.05, 0.1) is 16.8 Å². The molecule has 0 aliphatic rings. The van der Waals surface area contributed by atoms with E-state index in [4.69, 9.17) is 5.11 Å². The third kappa shape index (κ3) is 3.84. The fourth-order valence-corrected chi connectivity index (χ4v) is 2.76. The van der Waals surface area contributed by atoms with Gasteiger partial charge in [0.2, 0.25) is 0 Å². The molecule has 1 heterocycles. The highest BCUT2D eigenvalue weighted by atomic mass is 32.2. The monoisotopic (exact) mass is 305 g/mol. The summed E-state index contributed by atoms with van der Waals surface area (Å²) in [5, 5.41) is 12.7. The lowest BCUT2D eigenvalue weighted by molar-refractivity contribution is 0.350. The maximum atomic E-state index is 12.3. The number of sulfonamides is 1. The summed E-state index contributed by atoms with van der Waals surface area (Å²) >= 11 is 0. The fourth-order valence-electron chi connectivity index (χ4n) is 1.69. The zero-order valence-electron chi connectivity index (χ0n) is 11.4. The van der Waals surface area contributed by atoms with Gasteiger partial charge in [0.1, 0.15) is 6.61 Å². The van der Waals surface area contributed by atoms with Crippen LogP contribution in [0.15, 0.2) is 41.6 Å². The molecule has 0 fully saturated rings. The highest BCUT2D eigenvalue weighted by molar-refractivity contribution is 7.92. The van der Waals surface area contributed by atoms with Crippen molar-refractivity contribution >= 4 is 15.7 Å². The number of aliphatic hydroxyl groups is 1. The van der Waals surface area contributed by atoms with Gasteiger partial charge in [-0.1, -0.05) is 17.9 Å². The van der Waals surface area contributed by atoms with Crippen LogP contribution in [0.1, 0.15) is 12.5 Å². The van der Waals surface area contributed by atoms with E-state index in [1.54, 1.807) is 23.0 Å². The molecule has 0 spiro atoms. The molecule has 110 valence electrons. The molecule has 1 aromatic heterocycles. The quantitative estimate of drug-likeness (QED) is 0.827. The molecular weight excluding hydrogens is 290 g/mol. The van der Waals surface area contributed by atoms with Gasteiger partial charge in [-0.25, -0.2) is 8.42 Å². The second-order valence-electron chi connectivity index (χ2n) is 4.18. The number of hydrogen-bond acceptors (Lipinski definition) is 4. The van der Waals surface area contributed by atoms with E-state index in [0.717, 1.165) is 0 Å². The van der Waals surface area contributed by atoms with Gasteiger partial charge in [0.15, 0.2) is 0 Å². The average molecular weight is 305 g/mol. The number of aromatic nitrogens is 2. The van der Waals surface area contributed by atoms with Crippen LogP contribution in [0.25, 0.3) is 0 Å².